The van der Waals surface area contributed by atoms with Crippen molar-refractivity contribution in [3.05, 3.63) is 52.3 Å². The maximum Gasteiger partial charge on any atom is 0.417 e. The van der Waals surface area contributed by atoms with Crippen LogP contribution < -0.4 is 10.6 Å². The second-order valence-corrected chi connectivity index (χ2v) is 4.80. The number of anilines is 2. The Kier molecular flexibility index (Phi) is 5.51. The van der Waals surface area contributed by atoms with Crippen molar-refractivity contribution >= 4 is 17.3 Å². The SMILES string of the molecule is O=[N+]([O-])c1ccc(NCCCNc2ccc(C(F)(F)F)cn2)nc1. The molecule has 0 fully saturated rings. The summed E-state index contributed by atoms with van der Waals surface area (Å²) in [5, 5.41) is 16.4. The highest BCUT2D eigenvalue weighted by Gasteiger charge is 2.30. The summed E-state index contributed by atoms with van der Waals surface area (Å²) in [5.74, 6) is 0.865. The molecule has 2 N–H and O–H groups in total. The van der Waals surface area contributed by atoms with Crippen LogP contribution >= 0.6 is 0 Å². The summed E-state index contributed by atoms with van der Waals surface area (Å²) in [5.41, 5.74) is -0.880. The van der Waals surface area contributed by atoms with Crippen LogP contribution in [0.2, 0.25) is 0 Å². The van der Waals surface area contributed by atoms with Crippen molar-refractivity contribution in [2.75, 3.05) is 23.7 Å². The van der Waals surface area contributed by atoms with Crippen LogP contribution in [0, 0.1) is 10.1 Å². The van der Waals surface area contributed by atoms with Gasteiger partial charge in [0.15, 0.2) is 0 Å². The predicted octanol–water partition coefficient (Wildman–Crippen LogP) is 3.32. The van der Waals surface area contributed by atoms with Gasteiger partial charge in [0.1, 0.15) is 17.8 Å². The average Bonchev–Trinajstić information content (AvgIpc) is 2.54. The normalized spacial score (nSPS) is 11.1. The highest BCUT2D eigenvalue weighted by Crippen LogP contribution is 2.28. The summed E-state index contributed by atoms with van der Waals surface area (Å²) < 4.78 is 37.2. The van der Waals surface area contributed by atoms with Gasteiger partial charge in [-0.05, 0) is 24.6 Å². The van der Waals surface area contributed by atoms with Crippen molar-refractivity contribution in [1.82, 2.24) is 9.97 Å². The van der Waals surface area contributed by atoms with E-state index >= 15 is 0 Å². The van der Waals surface area contributed by atoms with E-state index in [0.717, 1.165) is 18.5 Å². The number of aromatic nitrogens is 2. The Labute approximate surface area is 135 Å². The van der Waals surface area contributed by atoms with Gasteiger partial charge in [-0.2, -0.15) is 13.2 Å². The third-order valence-electron chi connectivity index (χ3n) is 3.02. The minimum absolute atomic E-state index is 0.0874. The van der Waals surface area contributed by atoms with E-state index in [1.54, 1.807) is 0 Å². The lowest BCUT2D eigenvalue weighted by molar-refractivity contribution is -0.385. The summed E-state index contributed by atoms with van der Waals surface area (Å²) in [4.78, 5) is 17.6. The fourth-order valence-corrected chi connectivity index (χ4v) is 1.79. The summed E-state index contributed by atoms with van der Waals surface area (Å²) in [7, 11) is 0. The van der Waals surface area contributed by atoms with Crippen molar-refractivity contribution in [2.24, 2.45) is 0 Å². The lowest BCUT2D eigenvalue weighted by Crippen LogP contribution is -2.11. The number of nitrogens with one attached hydrogen (secondary N) is 2. The Morgan fingerprint density at radius 3 is 2.00 bits per heavy atom. The van der Waals surface area contributed by atoms with E-state index in [9.17, 15) is 23.3 Å². The van der Waals surface area contributed by atoms with E-state index in [1.165, 1.54) is 18.2 Å². The average molecular weight is 341 g/mol. The number of hydrogen-bond acceptors (Lipinski definition) is 6. The molecule has 0 spiro atoms. The van der Waals surface area contributed by atoms with Crippen LogP contribution in [-0.2, 0) is 6.18 Å². The number of alkyl halides is 3. The molecule has 2 aromatic rings. The molecule has 0 aliphatic rings. The smallest absolute Gasteiger partial charge is 0.370 e. The number of hydrogen-bond donors (Lipinski definition) is 2. The third kappa shape index (κ3) is 5.07. The number of nitrogens with zero attached hydrogens (tertiary/aromatic N) is 3. The molecule has 0 radical (unpaired) electrons. The molecule has 2 aromatic heterocycles. The molecule has 2 heterocycles. The number of pyridine rings is 2. The van der Waals surface area contributed by atoms with E-state index in [2.05, 4.69) is 20.6 Å². The molecule has 7 nitrogen and oxygen atoms in total. The summed E-state index contributed by atoms with van der Waals surface area (Å²) in [6.45, 7) is 1.04. The van der Waals surface area contributed by atoms with Crippen LogP contribution in [0.15, 0.2) is 36.7 Å². The van der Waals surface area contributed by atoms with Gasteiger partial charge in [-0.3, -0.25) is 10.1 Å². The summed E-state index contributed by atoms with van der Waals surface area (Å²) in [6.07, 6.45) is -1.80. The topological polar surface area (TPSA) is 93.0 Å². The second kappa shape index (κ2) is 7.57. The molecule has 128 valence electrons. The lowest BCUT2D eigenvalue weighted by Gasteiger charge is -2.09. The quantitative estimate of drug-likeness (QED) is 0.456. The largest absolute Gasteiger partial charge is 0.417 e. The number of nitro groups is 1. The van der Waals surface area contributed by atoms with Gasteiger partial charge >= 0.3 is 6.18 Å². The molecule has 24 heavy (non-hydrogen) atoms. The Hall–Kier alpha value is -2.91. The first-order chi connectivity index (χ1) is 11.4. The van der Waals surface area contributed by atoms with Gasteiger partial charge in [0.2, 0.25) is 0 Å². The van der Waals surface area contributed by atoms with Gasteiger partial charge in [-0.1, -0.05) is 0 Å². The molecule has 0 aromatic carbocycles. The van der Waals surface area contributed by atoms with E-state index in [-0.39, 0.29) is 5.69 Å². The molecule has 0 aliphatic heterocycles. The fraction of sp³-hybridized carbons (Fsp3) is 0.286. The van der Waals surface area contributed by atoms with Crippen LogP contribution in [0.5, 0.6) is 0 Å². The fourth-order valence-electron chi connectivity index (χ4n) is 1.79. The highest BCUT2D eigenvalue weighted by molar-refractivity contribution is 5.40. The van der Waals surface area contributed by atoms with Gasteiger partial charge in [0.05, 0.1) is 10.5 Å². The zero-order valence-electron chi connectivity index (χ0n) is 12.4. The molecule has 0 atom stereocenters. The van der Waals surface area contributed by atoms with Crippen molar-refractivity contribution in [3.8, 4) is 0 Å². The highest BCUT2D eigenvalue weighted by atomic mass is 19.4. The summed E-state index contributed by atoms with van der Waals surface area (Å²) >= 11 is 0. The Bertz CT molecular complexity index is 674. The van der Waals surface area contributed by atoms with Crippen molar-refractivity contribution < 1.29 is 18.1 Å². The number of halogens is 3. The molecule has 0 bridgehead atoms. The second-order valence-electron chi connectivity index (χ2n) is 4.80. The minimum atomic E-state index is -4.40. The molecular weight excluding hydrogens is 327 g/mol. The molecule has 2 rings (SSSR count). The maximum absolute atomic E-state index is 12.4. The van der Waals surface area contributed by atoms with Crippen molar-refractivity contribution in [1.29, 1.82) is 0 Å². The van der Waals surface area contributed by atoms with E-state index < -0.39 is 16.7 Å². The minimum Gasteiger partial charge on any atom is -0.370 e. The molecule has 0 saturated heterocycles. The Morgan fingerprint density at radius 2 is 1.58 bits per heavy atom. The first-order valence-electron chi connectivity index (χ1n) is 6.98. The maximum atomic E-state index is 12.4. The molecule has 0 amide bonds. The van der Waals surface area contributed by atoms with Crippen LogP contribution in [0.3, 0.4) is 0 Å². The van der Waals surface area contributed by atoms with E-state index in [0.29, 0.717) is 31.1 Å². The first-order valence-corrected chi connectivity index (χ1v) is 6.98. The van der Waals surface area contributed by atoms with Crippen LogP contribution in [0.4, 0.5) is 30.5 Å². The van der Waals surface area contributed by atoms with Gasteiger partial charge in [0.25, 0.3) is 5.69 Å². The van der Waals surface area contributed by atoms with Gasteiger partial charge in [0, 0.05) is 25.4 Å². The first kappa shape index (κ1) is 17.4. The van der Waals surface area contributed by atoms with Crippen LogP contribution in [0.1, 0.15) is 12.0 Å². The standard InChI is InChI=1S/C14H14F3N5O2/c15-14(16,17)10-2-4-12(20-8-10)18-6-1-7-19-13-5-3-11(9-21-13)22(23)24/h2-5,8-9H,1,6-7H2,(H,18,20)(H,19,21). The zero-order valence-corrected chi connectivity index (χ0v) is 12.4. The summed E-state index contributed by atoms with van der Waals surface area (Å²) in [6, 6.07) is 5.09. The molecule has 0 aliphatic carbocycles. The van der Waals surface area contributed by atoms with Crippen LogP contribution in [-0.4, -0.2) is 28.0 Å². The van der Waals surface area contributed by atoms with Gasteiger partial charge < -0.3 is 10.6 Å². The van der Waals surface area contributed by atoms with E-state index in [1.807, 2.05) is 0 Å². The Balaban J connectivity index is 1.70. The molecule has 10 heteroatoms. The van der Waals surface area contributed by atoms with Crippen LogP contribution in [0.25, 0.3) is 0 Å². The Morgan fingerprint density at radius 1 is 1.00 bits per heavy atom. The molecule has 0 saturated carbocycles. The van der Waals surface area contributed by atoms with Crippen molar-refractivity contribution in [3.63, 3.8) is 0 Å². The predicted molar refractivity (Wildman–Crippen MR) is 81.7 cm³/mol. The zero-order chi connectivity index (χ0) is 17.6. The van der Waals surface area contributed by atoms with Crippen molar-refractivity contribution in [2.45, 2.75) is 12.6 Å². The lowest BCUT2D eigenvalue weighted by atomic mass is 10.3. The molecule has 0 unspecified atom stereocenters. The van der Waals surface area contributed by atoms with E-state index in [4.69, 9.17) is 0 Å². The molecular formula is C14H14F3N5O2. The third-order valence-corrected chi connectivity index (χ3v) is 3.02. The number of rotatable bonds is 7. The van der Waals surface area contributed by atoms with Gasteiger partial charge in [-0.25, -0.2) is 9.97 Å². The van der Waals surface area contributed by atoms with Gasteiger partial charge in [-0.15, -0.1) is 0 Å². The monoisotopic (exact) mass is 341 g/mol.